The van der Waals surface area contributed by atoms with Crippen LogP contribution in [0.5, 0.6) is 11.6 Å². The Balaban J connectivity index is 1.21. The van der Waals surface area contributed by atoms with E-state index in [0.717, 1.165) is 66.8 Å². The van der Waals surface area contributed by atoms with Crippen LogP contribution in [0.3, 0.4) is 0 Å². The molecular weight excluding hydrogens is 543 g/mol. The van der Waals surface area contributed by atoms with Crippen LogP contribution in [0.4, 0.5) is 4.39 Å². The molecule has 3 fully saturated rings. The standard InChI is InChI=1S/C36H41FN2O4/c1-22(35(40)41)34(24-6-7-24)26-8-5-23-10-12-31(43-32(23)18-26)25-9-11-28(29-19-33(42-2)38-20-30(29)37)27(17-25)21-39-16-4-3-13-36(39)14-15-36/h5,8-9,11,17-20,22,24,31,34H,3-4,6-7,10,12-16,21H2,1-2H3,(H,40,41)/t22-,31?,34?/m0/s1. The molecule has 1 saturated heterocycles. The van der Waals surface area contributed by atoms with E-state index in [-0.39, 0.29) is 17.8 Å². The van der Waals surface area contributed by atoms with Gasteiger partial charge in [-0.3, -0.25) is 9.69 Å². The van der Waals surface area contributed by atoms with Gasteiger partial charge < -0.3 is 14.6 Å². The molecular formula is C36H41FN2O4. The molecule has 2 saturated carbocycles. The first-order chi connectivity index (χ1) is 20.8. The maximum atomic E-state index is 15.2. The topological polar surface area (TPSA) is 71.9 Å². The number of likely N-dealkylation sites (tertiary alicyclic amines) is 1. The average molecular weight is 585 g/mol. The molecule has 0 amide bonds. The molecule has 1 N–H and O–H groups in total. The highest BCUT2D eigenvalue weighted by molar-refractivity contribution is 5.71. The molecule has 3 aromatic rings. The number of carboxylic acid groups (broad SMARTS) is 1. The van der Waals surface area contributed by atoms with Gasteiger partial charge in [0.1, 0.15) is 17.7 Å². The summed E-state index contributed by atoms with van der Waals surface area (Å²) in [6, 6.07) is 14.4. The van der Waals surface area contributed by atoms with Crippen LogP contribution in [0.1, 0.15) is 92.6 Å². The van der Waals surface area contributed by atoms with Gasteiger partial charge >= 0.3 is 5.97 Å². The van der Waals surface area contributed by atoms with Crippen LogP contribution in [0.2, 0.25) is 0 Å². The number of benzene rings is 2. The van der Waals surface area contributed by atoms with Crippen LogP contribution in [-0.4, -0.2) is 40.2 Å². The molecule has 226 valence electrons. The molecule has 7 heteroatoms. The van der Waals surface area contributed by atoms with E-state index in [2.05, 4.69) is 40.2 Å². The van der Waals surface area contributed by atoms with Crippen LogP contribution >= 0.6 is 0 Å². The number of rotatable bonds is 9. The number of carboxylic acids is 1. The van der Waals surface area contributed by atoms with Crippen molar-refractivity contribution in [1.29, 1.82) is 0 Å². The lowest BCUT2D eigenvalue weighted by Crippen LogP contribution is -2.40. The lowest BCUT2D eigenvalue weighted by molar-refractivity contribution is -0.142. The van der Waals surface area contributed by atoms with E-state index in [9.17, 15) is 9.90 Å². The Kier molecular flexibility index (Phi) is 7.40. The van der Waals surface area contributed by atoms with Crippen LogP contribution in [0.15, 0.2) is 48.7 Å². The second-order valence-electron chi connectivity index (χ2n) is 13.2. The summed E-state index contributed by atoms with van der Waals surface area (Å²) in [5.74, 6) is 0.154. The number of pyridine rings is 1. The number of fused-ring (bicyclic) bond motifs is 1. The van der Waals surface area contributed by atoms with Crippen molar-refractivity contribution in [3.8, 4) is 22.8 Å². The number of piperidine rings is 1. The lowest BCUT2D eigenvalue weighted by Gasteiger charge is -2.37. The van der Waals surface area contributed by atoms with Crippen LogP contribution in [0, 0.1) is 17.7 Å². The number of aliphatic carboxylic acids is 1. The largest absolute Gasteiger partial charge is 0.485 e. The van der Waals surface area contributed by atoms with Crippen LogP contribution in [0.25, 0.3) is 11.1 Å². The Morgan fingerprint density at radius 1 is 1.12 bits per heavy atom. The Morgan fingerprint density at radius 3 is 2.70 bits per heavy atom. The van der Waals surface area contributed by atoms with Crippen LogP contribution in [-0.2, 0) is 17.8 Å². The summed E-state index contributed by atoms with van der Waals surface area (Å²) < 4.78 is 27.2. The second-order valence-corrected chi connectivity index (χ2v) is 13.2. The number of ether oxygens (including phenoxy) is 2. The van der Waals surface area contributed by atoms with Crippen molar-refractivity contribution in [2.75, 3.05) is 13.7 Å². The van der Waals surface area contributed by atoms with Gasteiger partial charge in [-0.2, -0.15) is 0 Å². The van der Waals surface area contributed by atoms with E-state index in [1.54, 1.807) is 13.2 Å². The molecule has 1 spiro atoms. The number of methoxy groups -OCH3 is 1. The summed E-state index contributed by atoms with van der Waals surface area (Å²) in [4.78, 5) is 18.6. The SMILES string of the molecule is COc1cc(-c2ccc(C3CCc4ccc(C(C5CC5)[C@H](C)C(=O)O)cc4O3)cc2CN2CCCCC23CC3)c(F)cn1. The fourth-order valence-electron chi connectivity index (χ4n) is 7.67. The van der Waals surface area contributed by atoms with Crippen molar-refractivity contribution >= 4 is 5.97 Å². The quantitative estimate of drug-likeness (QED) is 0.278. The van der Waals surface area contributed by atoms with E-state index in [1.807, 2.05) is 13.0 Å². The molecule has 0 radical (unpaired) electrons. The fourth-order valence-corrected chi connectivity index (χ4v) is 7.67. The highest BCUT2D eigenvalue weighted by Crippen LogP contribution is 2.50. The zero-order chi connectivity index (χ0) is 29.7. The van der Waals surface area contributed by atoms with Crippen molar-refractivity contribution in [3.05, 3.63) is 76.7 Å². The Labute approximate surface area is 253 Å². The first-order valence-corrected chi connectivity index (χ1v) is 16.0. The van der Waals surface area contributed by atoms with Crippen molar-refractivity contribution in [3.63, 3.8) is 0 Å². The van der Waals surface area contributed by atoms with E-state index in [1.165, 1.54) is 43.9 Å². The first kappa shape index (κ1) is 28.3. The number of hydrogen-bond acceptors (Lipinski definition) is 5. The van der Waals surface area contributed by atoms with Crippen molar-refractivity contribution in [2.24, 2.45) is 11.8 Å². The summed E-state index contributed by atoms with van der Waals surface area (Å²) >= 11 is 0. The third-order valence-corrected chi connectivity index (χ3v) is 10.5. The molecule has 3 atom stereocenters. The number of aromatic nitrogens is 1. The summed E-state index contributed by atoms with van der Waals surface area (Å²) in [7, 11) is 1.55. The molecule has 2 unspecified atom stereocenters. The minimum atomic E-state index is -0.744. The third-order valence-electron chi connectivity index (χ3n) is 10.5. The number of carbonyl (C=O) groups is 1. The summed E-state index contributed by atoms with van der Waals surface area (Å²) in [6.45, 7) is 3.67. The van der Waals surface area contributed by atoms with E-state index in [4.69, 9.17) is 9.47 Å². The molecule has 2 aliphatic heterocycles. The fraction of sp³-hybridized carbons (Fsp3) is 0.500. The molecule has 4 aliphatic rings. The van der Waals surface area contributed by atoms with Crippen molar-refractivity contribution < 1.29 is 23.8 Å². The highest BCUT2D eigenvalue weighted by atomic mass is 19.1. The average Bonchev–Trinajstić information content (AvgIpc) is 3.96. The molecule has 0 bridgehead atoms. The molecule has 2 aliphatic carbocycles. The maximum absolute atomic E-state index is 15.2. The lowest BCUT2D eigenvalue weighted by atomic mass is 9.82. The predicted molar refractivity (Wildman–Crippen MR) is 163 cm³/mol. The van der Waals surface area contributed by atoms with E-state index in [0.29, 0.717) is 22.9 Å². The summed E-state index contributed by atoms with van der Waals surface area (Å²) in [6.07, 6.45) is 11.2. The molecule has 1 aromatic heterocycles. The van der Waals surface area contributed by atoms with Gasteiger partial charge in [-0.05, 0) is 104 Å². The van der Waals surface area contributed by atoms with Crippen LogP contribution < -0.4 is 9.47 Å². The normalized spacial score (nSPS) is 22.3. The van der Waals surface area contributed by atoms with Crippen molar-refractivity contribution in [1.82, 2.24) is 9.88 Å². The molecule has 6 nitrogen and oxygen atoms in total. The van der Waals surface area contributed by atoms with Gasteiger partial charge in [-0.15, -0.1) is 0 Å². The predicted octanol–water partition coefficient (Wildman–Crippen LogP) is 7.70. The van der Waals surface area contributed by atoms with Gasteiger partial charge in [0.15, 0.2) is 0 Å². The zero-order valence-electron chi connectivity index (χ0n) is 25.2. The molecule has 3 heterocycles. The smallest absolute Gasteiger partial charge is 0.306 e. The number of hydrogen-bond donors (Lipinski definition) is 1. The van der Waals surface area contributed by atoms with Gasteiger partial charge in [-0.1, -0.05) is 43.7 Å². The van der Waals surface area contributed by atoms with Gasteiger partial charge in [0.25, 0.3) is 0 Å². The second kappa shape index (κ2) is 11.2. The number of halogens is 1. The summed E-state index contributed by atoms with van der Waals surface area (Å²) in [5, 5.41) is 9.78. The molecule has 7 rings (SSSR count). The van der Waals surface area contributed by atoms with Gasteiger partial charge in [-0.25, -0.2) is 9.37 Å². The number of aryl methyl sites for hydroxylation is 1. The molecule has 43 heavy (non-hydrogen) atoms. The van der Waals surface area contributed by atoms with Gasteiger partial charge in [0.05, 0.1) is 19.2 Å². The van der Waals surface area contributed by atoms with Gasteiger partial charge in [0.2, 0.25) is 5.88 Å². The zero-order valence-corrected chi connectivity index (χ0v) is 25.2. The van der Waals surface area contributed by atoms with E-state index >= 15 is 4.39 Å². The molecule has 2 aromatic carbocycles. The Morgan fingerprint density at radius 2 is 1.95 bits per heavy atom. The Bertz CT molecular complexity index is 1530. The highest BCUT2D eigenvalue weighted by Gasteiger charge is 2.48. The summed E-state index contributed by atoms with van der Waals surface area (Å²) in [5.41, 5.74) is 6.12. The Hall–Kier alpha value is -3.45. The monoisotopic (exact) mass is 584 g/mol. The maximum Gasteiger partial charge on any atom is 0.306 e. The van der Waals surface area contributed by atoms with Gasteiger partial charge in [0, 0.05) is 23.7 Å². The first-order valence-electron chi connectivity index (χ1n) is 16.0. The van der Waals surface area contributed by atoms with Crippen molar-refractivity contribution in [2.45, 2.75) is 88.8 Å². The number of nitrogens with zero attached hydrogens (tertiary/aromatic N) is 2. The minimum absolute atomic E-state index is 0.00389. The van der Waals surface area contributed by atoms with E-state index < -0.39 is 11.9 Å². The third kappa shape index (κ3) is 5.52. The minimum Gasteiger partial charge on any atom is -0.485 e.